The Kier molecular flexibility index (Phi) is 2.68. The van der Waals surface area contributed by atoms with Crippen LogP contribution in [-0.2, 0) is 0 Å². The van der Waals surface area contributed by atoms with Crippen LogP contribution >= 0.6 is 0 Å². The van der Waals surface area contributed by atoms with Gasteiger partial charge in [-0.3, -0.25) is 0 Å². The van der Waals surface area contributed by atoms with Crippen molar-refractivity contribution in [3.05, 3.63) is 40.3 Å². The van der Waals surface area contributed by atoms with E-state index in [0.29, 0.717) is 0 Å². The summed E-state index contributed by atoms with van der Waals surface area (Å²) in [6.07, 6.45) is 9.35. The molecule has 56 valence electrons. The van der Waals surface area contributed by atoms with Gasteiger partial charge in [0.25, 0.3) is 7.05 Å². The fourth-order valence-corrected chi connectivity index (χ4v) is 1.10. The van der Waals surface area contributed by atoms with Crippen LogP contribution in [0, 0.1) is 6.07 Å². The van der Waals surface area contributed by atoms with Crippen LogP contribution in [0.25, 0.3) is 4.85 Å². The van der Waals surface area contributed by atoms with E-state index in [1.54, 1.807) is 7.05 Å². The molecule has 0 spiro atoms. The molecule has 1 aliphatic carbocycles. The van der Waals surface area contributed by atoms with Crippen molar-refractivity contribution in [2.24, 2.45) is 0 Å². The molecule has 1 heteroatoms. The predicted molar refractivity (Wildman–Crippen MR) is 48.8 cm³/mol. The minimum Gasteiger partial charge on any atom is -0.0835 e. The first-order valence-corrected chi connectivity index (χ1v) is 3.75. The molecule has 1 aliphatic rings. The molecule has 0 unspecified atom stereocenters. The quantitative estimate of drug-likeness (QED) is 0.463. The highest BCUT2D eigenvalue weighted by molar-refractivity contribution is 5.48. The Hall–Kier alpha value is -1.29. The van der Waals surface area contributed by atoms with Gasteiger partial charge < -0.3 is 0 Å². The summed E-state index contributed by atoms with van der Waals surface area (Å²) in [5, 5.41) is 0. The van der Waals surface area contributed by atoms with Crippen LogP contribution in [0.2, 0.25) is 0 Å². The summed E-state index contributed by atoms with van der Waals surface area (Å²) in [5.74, 6) is 0. The van der Waals surface area contributed by atoms with Gasteiger partial charge in [0.15, 0.2) is 0 Å². The minimum atomic E-state index is 1.05. The molecule has 1 nitrogen and oxygen atoms in total. The lowest BCUT2D eigenvalue weighted by Gasteiger charge is -1.92. The number of rotatable bonds is 0. The fraction of sp³-hybridized carbons (Fsp3) is 0.300. The maximum atomic E-state index is 3.78. The van der Waals surface area contributed by atoms with E-state index < -0.39 is 0 Å². The Labute approximate surface area is 67.6 Å². The Bertz CT molecular complexity index is 282. The van der Waals surface area contributed by atoms with Gasteiger partial charge in [-0.05, 0) is 24.5 Å². The zero-order valence-corrected chi connectivity index (χ0v) is 6.96. The standard InChI is InChI=1S/C10H12N/c1-3-9-5-4-6-10(9)7-8-11-2/h3-4,6-7H,5H2,1-2H3/q+1. The summed E-state index contributed by atoms with van der Waals surface area (Å²) in [5.41, 5.74) is 2.60. The first-order chi connectivity index (χ1) is 5.38. The van der Waals surface area contributed by atoms with Gasteiger partial charge >= 0.3 is 6.07 Å². The predicted octanol–water partition coefficient (Wildman–Crippen LogP) is 2.78. The third-order valence-electron chi connectivity index (χ3n) is 1.70. The maximum absolute atomic E-state index is 3.78. The van der Waals surface area contributed by atoms with Crippen molar-refractivity contribution in [2.45, 2.75) is 13.3 Å². The third kappa shape index (κ3) is 1.81. The molecule has 0 radical (unpaired) electrons. The number of allylic oxidation sites excluding steroid dienone is 6. The van der Waals surface area contributed by atoms with Crippen LogP contribution in [0.5, 0.6) is 0 Å². The summed E-state index contributed by atoms with van der Waals surface area (Å²) in [4.78, 5) is 3.78. The van der Waals surface area contributed by atoms with Gasteiger partial charge in [0, 0.05) is 0 Å². The monoisotopic (exact) mass is 146 g/mol. The second-order valence-electron chi connectivity index (χ2n) is 2.37. The largest absolute Gasteiger partial charge is 0.303 e. The second kappa shape index (κ2) is 3.78. The Morgan fingerprint density at radius 1 is 1.64 bits per heavy atom. The van der Waals surface area contributed by atoms with Crippen LogP contribution in [-0.4, -0.2) is 7.05 Å². The van der Waals surface area contributed by atoms with E-state index in [-0.39, 0.29) is 0 Å². The molecule has 0 aromatic rings. The average Bonchev–Trinajstić information content (AvgIpc) is 2.47. The van der Waals surface area contributed by atoms with Gasteiger partial charge in [0.05, 0.1) is 6.08 Å². The van der Waals surface area contributed by atoms with Crippen molar-refractivity contribution < 1.29 is 0 Å². The van der Waals surface area contributed by atoms with Gasteiger partial charge in [-0.25, -0.2) is 0 Å². The maximum Gasteiger partial charge on any atom is 0.303 e. The molecule has 0 heterocycles. The van der Waals surface area contributed by atoms with Crippen molar-refractivity contribution in [3.8, 4) is 6.07 Å². The van der Waals surface area contributed by atoms with E-state index in [4.69, 9.17) is 0 Å². The molecular weight excluding hydrogens is 134 g/mol. The second-order valence-corrected chi connectivity index (χ2v) is 2.37. The van der Waals surface area contributed by atoms with Gasteiger partial charge in [-0.15, -0.1) is 0 Å². The first-order valence-electron chi connectivity index (χ1n) is 3.75. The molecule has 0 fully saturated rings. The Balaban J connectivity index is 2.84. The summed E-state index contributed by atoms with van der Waals surface area (Å²) >= 11 is 0. The van der Waals surface area contributed by atoms with Crippen LogP contribution in [0.1, 0.15) is 13.3 Å². The Morgan fingerprint density at radius 3 is 3.09 bits per heavy atom. The SMILES string of the molecule is CC=C1CC=CC1=CC#[N+]C. The molecule has 0 aromatic carbocycles. The molecule has 0 saturated carbocycles. The summed E-state index contributed by atoms with van der Waals surface area (Å²) in [6.45, 7) is 2.05. The van der Waals surface area contributed by atoms with Crippen molar-refractivity contribution in [1.29, 1.82) is 0 Å². The van der Waals surface area contributed by atoms with Crippen molar-refractivity contribution in [2.75, 3.05) is 7.05 Å². The molecule has 0 N–H and O–H groups in total. The smallest absolute Gasteiger partial charge is 0.0835 e. The summed E-state index contributed by atoms with van der Waals surface area (Å²) < 4.78 is 0. The van der Waals surface area contributed by atoms with Crippen LogP contribution in [0.15, 0.2) is 35.5 Å². The molecule has 0 aliphatic heterocycles. The molecule has 11 heavy (non-hydrogen) atoms. The molecule has 0 atom stereocenters. The molecule has 0 bridgehead atoms. The van der Waals surface area contributed by atoms with Gasteiger partial charge in [-0.2, -0.15) is 0 Å². The average molecular weight is 146 g/mol. The molecule has 1 rings (SSSR count). The lowest BCUT2D eigenvalue weighted by molar-refractivity contribution is 1.30. The van der Waals surface area contributed by atoms with Crippen molar-refractivity contribution >= 4 is 0 Å². The molecule has 0 amide bonds. The highest BCUT2D eigenvalue weighted by atomic mass is 14.6. The van der Waals surface area contributed by atoms with E-state index >= 15 is 0 Å². The number of nitrogens with zero attached hydrogens (tertiary/aromatic N) is 1. The molecular formula is C10H12N+. The summed E-state index contributed by atoms with van der Waals surface area (Å²) in [6, 6.07) is 2.83. The highest BCUT2D eigenvalue weighted by Crippen LogP contribution is 2.22. The van der Waals surface area contributed by atoms with Gasteiger partial charge in [0.2, 0.25) is 0 Å². The zero-order chi connectivity index (χ0) is 8.10. The number of hydrogen-bond acceptors (Lipinski definition) is 0. The third-order valence-corrected chi connectivity index (χ3v) is 1.70. The lowest BCUT2D eigenvalue weighted by atomic mass is 10.1. The van der Waals surface area contributed by atoms with Gasteiger partial charge in [-0.1, -0.05) is 23.1 Å². The fourth-order valence-electron chi connectivity index (χ4n) is 1.10. The molecule has 0 aromatic heterocycles. The van der Waals surface area contributed by atoms with Crippen LogP contribution < -0.4 is 0 Å². The van der Waals surface area contributed by atoms with Crippen LogP contribution in [0.3, 0.4) is 0 Å². The van der Waals surface area contributed by atoms with Crippen LogP contribution in [0.4, 0.5) is 0 Å². The van der Waals surface area contributed by atoms with E-state index in [2.05, 4.69) is 36.1 Å². The van der Waals surface area contributed by atoms with Gasteiger partial charge in [0.1, 0.15) is 0 Å². The molecule has 0 saturated heterocycles. The van der Waals surface area contributed by atoms with E-state index in [1.807, 2.05) is 6.08 Å². The lowest BCUT2D eigenvalue weighted by Crippen LogP contribution is -1.76. The Morgan fingerprint density at radius 2 is 2.45 bits per heavy atom. The van der Waals surface area contributed by atoms with E-state index in [9.17, 15) is 0 Å². The van der Waals surface area contributed by atoms with Crippen molar-refractivity contribution in [3.63, 3.8) is 0 Å². The first kappa shape index (κ1) is 7.81. The normalized spacial score (nSPS) is 22.4. The zero-order valence-electron chi connectivity index (χ0n) is 6.96. The van der Waals surface area contributed by atoms with E-state index in [0.717, 1.165) is 6.42 Å². The summed E-state index contributed by atoms with van der Waals surface area (Å²) in [7, 11) is 1.73. The van der Waals surface area contributed by atoms with Crippen molar-refractivity contribution in [1.82, 2.24) is 0 Å². The topological polar surface area (TPSA) is 4.36 Å². The minimum absolute atomic E-state index is 1.05. The highest BCUT2D eigenvalue weighted by Gasteiger charge is 2.05. The number of hydrogen-bond donors (Lipinski definition) is 0. The van der Waals surface area contributed by atoms with E-state index in [1.165, 1.54) is 11.1 Å².